The fraction of sp³-hybridized carbons (Fsp3) is 0.300. The number of alkyl halides is 2. The molecule has 0 saturated heterocycles. The fourth-order valence-corrected chi connectivity index (χ4v) is 1.10. The molecule has 1 rings (SSSR count). The Morgan fingerprint density at radius 1 is 1.36 bits per heavy atom. The quantitative estimate of drug-likeness (QED) is 0.678. The molecule has 4 heteroatoms. The van der Waals surface area contributed by atoms with Crippen LogP contribution in [0.1, 0.15) is 18.5 Å². The first-order valence-corrected chi connectivity index (χ1v) is 4.05. The van der Waals surface area contributed by atoms with E-state index >= 15 is 0 Å². The van der Waals surface area contributed by atoms with Crippen molar-refractivity contribution in [2.45, 2.75) is 19.6 Å². The second-order valence-corrected chi connectivity index (χ2v) is 2.72. The van der Waals surface area contributed by atoms with E-state index < -0.39 is 12.7 Å². The highest BCUT2D eigenvalue weighted by molar-refractivity contribution is 5.36. The molecule has 1 aromatic carbocycles. The van der Waals surface area contributed by atoms with Gasteiger partial charge in [-0.15, -0.1) is 0 Å². The molecule has 0 radical (unpaired) electrons. The van der Waals surface area contributed by atoms with Gasteiger partial charge in [0.15, 0.2) is 0 Å². The molecule has 2 nitrogen and oxygen atoms in total. The molecule has 0 fully saturated rings. The van der Waals surface area contributed by atoms with Crippen molar-refractivity contribution in [3.8, 4) is 5.75 Å². The monoisotopic (exact) mass is 197 g/mol. The molecule has 0 bridgehead atoms. The van der Waals surface area contributed by atoms with Crippen LogP contribution in [0.3, 0.4) is 0 Å². The lowest BCUT2D eigenvalue weighted by Crippen LogP contribution is -2.04. The van der Waals surface area contributed by atoms with Crippen LogP contribution in [-0.4, -0.2) is 6.61 Å². The normalized spacial score (nSPS) is 12.2. The molecular formula is C10H9F2NO. The number of nitrogens with zero attached hydrogens (tertiary/aromatic N) is 1. The lowest BCUT2D eigenvalue weighted by Gasteiger charge is -2.09. The predicted octanol–water partition coefficient (Wildman–Crippen LogP) is 3.27. The van der Waals surface area contributed by atoms with Crippen LogP contribution in [-0.2, 0) is 0 Å². The number of hydrogen-bond acceptors (Lipinski definition) is 1. The second-order valence-electron chi connectivity index (χ2n) is 2.72. The van der Waals surface area contributed by atoms with Gasteiger partial charge in [-0.25, -0.2) is 6.57 Å². The summed E-state index contributed by atoms with van der Waals surface area (Å²) in [4.78, 5) is 3.25. The minimum absolute atomic E-state index is 0.0750. The third-order valence-corrected chi connectivity index (χ3v) is 1.78. The molecular weight excluding hydrogens is 188 g/mol. The Balaban J connectivity index is 2.98. The lowest BCUT2D eigenvalue weighted by molar-refractivity contribution is -0.0505. The lowest BCUT2D eigenvalue weighted by atomic mass is 10.1. The van der Waals surface area contributed by atoms with E-state index in [0.717, 1.165) is 0 Å². The van der Waals surface area contributed by atoms with E-state index in [4.69, 9.17) is 6.57 Å². The molecule has 1 unspecified atom stereocenters. The maximum Gasteiger partial charge on any atom is 0.387 e. The minimum Gasteiger partial charge on any atom is -0.434 e. The third kappa shape index (κ3) is 2.43. The summed E-state index contributed by atoms with van der Waals surface area (Å²) in [6, 6.07) is 5.86. The summed E-state index contributed by atoms with van der Waals surface area (Å²) in [5, 5.41) is 0. The van der Waals surface area contributed by atoms with Gasteiger partial charge in [0, 0.05) is 6.92 Å². The molecule has 0 aliphatic heterocycles. The topological polar surface area (TPSA) is 13.6 Å². The molecule has 14 heavy (non-hydrogen) atoms. The maximum atomic E-state index is 12.0. The Bertz CT molecular complexity index is 346. The summed E-state index contributed by atoms with van der Waals surface area (Å²) >= 11 is 0. The van der Waals surface area contributed by atoms with Gasteiger partial charge in [-0.2, -0.15) is 8.78 Å². The molecule has 0 saturated carbocycles. The molecule has 1 aromatic rings. The molecule has 0 heterocycles. The zero-order valence-electron chi connectivity index (χ0n) is 7.58. The van der Waals surface area contributed by atoms with Gasteiger partial charge in [-0.05, 0) is 12.1 Å². The zero-order valence-corrected chi connectivity index (χ0v) is 7.58. The maximum absolute atomic E-state index is 12.0. The average Bonchev–Trinajstić information content (AvgIpc) is 2.16. The first-order valence-electron chi connectivity index (χ1n) is 4.05. The Morgan fingerprint density at radius 2 is 2.00 bits per heavy atom. The van der Waals surface area contributed by atoms with E-state index in [1.54, 1.807) is 25.1 Å². The average molecular weight is 197 g/mol. The first kappa shape index (κ1) is 10.5. The highest BCUT2D eigenvalue weighted by Crippen LogP contribution is 2.28. The van der Waals surface area contributed by atoms with Crippen molar-refractivity contribution in [2.75, 3.05) is 0 Å². The smallest absolute Gasteiger partial charge is 0.387 e. The van der Waals surface area contributed by atoms with E-state index in [9.17, 15) is 8.78 Å². The van der Waals surface area contributed by atoms with Gasteiger partial charge in [0.05, 0.1) is 5.56 Å². The fourth-order valence-electron chi connectivity index (χ4n) is 1.10. The van der Waals surface area contributed by atoms with E-state index in [1.807, 2.05) is 0 Å². The van der Waals surface area contributed by atoms with Crippen molar-refractivity contribution < 1.29 is 13.5 Å². The summed E-state index contributed by atoms with van der Waals surface area (Å²) in [6.07, 6.45) is 0. The number of hydrogen-bond donors (Lipinski definition) is 0. The van der Waals surface area contributed by atoms with Gasteiger partial charge in [0.1, 0.15) is 5.75 Å². The Hall–Kier alpha value is -1.63. The van der Waals surface area contributed by atoms with Crippen molar-refractivity contribution in [3.05, 3.63) is 41.2 Å². The predicted molar refractivity (Wildman–Crippen MR) is 48.1 cm³/mol. The van der Waals surface area contributed by atoms with Crippen molar-refractivity contribution in [1.82, 2.24) is 0 Å². The first-order chi connectivity index (χ1) is 6.65. The number of rotatable bonds is 3. The Kier molecular flexibility index (Phi) is 3.41. The number of benzene rings is 1. The summed E-state index contributed by atoms with van der Waals surface area (Å²) in [6.45, 7) is 5.59. The highest BCUT2D eigenvalue weighted by Gasteiger charge is 2.16. The second kappa shape index (κ2) is 4.56. The molecule has 74 valence electrons. The minimum atomic E-state index is -2.85. The standard InChI is InChI=1S/C10H9F2NO/c1-7(13-2)8-5-3-4-6-9(8)14-10(11)12/h3-7,10H,1H3. The van der Waals surface area contributed by atoms with Crippen molar-refractivity contribution in [2.24, 2.45) is 0 Å². The van der Waals surface area contributed by atoms with Crippen molar-refractivity contribution in [1.29, 1.82) is 0 Å². The van der Waals surface area contributed by atoms with E-state index in [-0.39, 0.29) is 5.75 Å². The summed E-state index contributed by atoms with van der Waals surface area (Å²) in [5.41, 5.74) is 0.489. The van der Waals surface area contributed by atoms with Crippen LogP contribution in [0.15, 0.2) is 24.3 Å². The molecule has 0 N–H and O–H groups in total. The number of ether oxygens (including phenoxy) is 1. The highest BCUT2D eigenvalue weighted by atomic mass is 19.3. The van der Waals surface area contributed by atoms with Gasteiger partial charge in [0.2, 0.25) is 6.04 Å². The van der Waals surface area contributed by atoms with Gasteiger partial charge in [0.25, 0.3) is 0 Å². The summed E-state index contributed by atoms with van der Waals surface area (Å²) in [5.74, 6) is 0.0750. The van der Waals surface area contributed by atoms with Crippen LogP contribution in [0.4, 0.5) is 8.78 Å². The molecule has 0 spiro atoms. The van der Waals surface area contributed by atoms with E-state index in [0.29, 0.717) is 5.56 Å². The summed E-state index contributed by atoms with van der Waals surface area (Å²) < 4.78 is 28.2. The van der Waals surface area contributed by atoms with E-state index in [1.165, 1.54) is 6.07 Å². The molecule has 0 aliphatic rings. The van der Waals surface area contributed by atoms with Crippen molar-refractivity contribution >= 4 is 0 Å². The van der Waals surface area contributed by atoms with E-state index in [2.05, 4.69) is 9.58 Å². The van der Waals surface area contributed by atoms with Crippen molar-refractivity contribution in [3.63, 3.8) is 0 Å². The summed E-state index contributed by atoms with van der Waals surface area (Å²) in [7, 11) is 0. The number of halogens is 2. The SMILES string of the molecule is [C-]#[N+]C(C)c1ccccc1OC(F)F. The number of para-hydroxylation sites is 1. The molecule has 0 amide bonds. The van der Waals surface area contributed by atoms with Crippen LogP contribution >= 0.6 is 0 Å². The Labute approximate surface area is 80.9 Å². The third-order valence-electron chi connectivity index (χ3n) is 1.78. The van der Waals surface area contributed by atoms with Crippen LogP contribution in [0.2, 0.25) is 0 Å². The van der Waals surface area contributed by atoms with Gasteiger partial charge in [-0.1, -0.05) is 12.1 Å². The van der Waals surface area contributed by atoms with Gasteiger partial charge >= 0.3 is 6.61 Å². The molecule has 0 aromatic heterocycles. The Morgan fingerprint density at radius 3 is 2.57 bits per heavy atom. The van der Waals surface area contributed by atoms with Gasteiger partial charge < -0.3 is 9.58 Å². The van der Waals surface area contributed by atoms with Gasteiger partial charge in [-0.3, -0.25) is 0 Å². The molecule has 1 atom stereocenters. The zero-order chi connectivity index (χ0) is 10.6. The van der Waals surface area contributed by atoms with Crippen LogP contribution in [0.5, 0.6) is 5.75 Å². The van der Waals surface area contributed by atoms with Crippen LogP contribution < -0.4 is 4.74 Å². The van der Waals surface area contributed by atoms with Crippen LogP contribution in [0, 0.1) is 6.57 Å². The molecule has 0 aliphatic carbocycles. The largest absolute Gasteiger partial charge is 0.434 e. The van der Waals surface area contributed by atoms with Crippen LogP contribution in [0.25, 0.3) is 4.85 Å².